The number of halogens is 1. The molecular weight excluding hydrogens is 341 g/mol. The third kappa shape index (κ3) is 3.05. The topological polar surface area (TPSA) is 103 Å². The maximum absolute atomic E-state index is 14.4. The van der Waals surface area contributed by atoms with E-state index in [-0.39, 0.29) is 33.8 Å². The maximum Gasteiger partial charge on any atom is 0.262 e. The quantitative estimate of drug-likeness (QED) is 0.814. The molecule has 2 heterocycles. The Hall–Kier alpha value is -3.16. The van der Waals surface area contributed by atoms with Crippen molar-refractivity contribution in [3.05, 3.63) is 51.6 Å². The lowest BCUT2D eigenvalue weighted by Crippen LogP contribution is -2.24. The first-order chi connectivity index (χ1) is 12.1. The molecule has 7 nitrogen and oxygen atoms in total. The molecule has 3 N–H and O–H groups in total. The number of fused-ring (bicyclic) bond motifs is 1. The number of rotatable bonds is 3. The Morgan fingerprint density at radius 2 is 1.85 bits per heavy atom. The van der Waals surface area contributed by atoms with E-state index in [0.717, 1.165) is 16.7 Å². The summed E-state index contributed by atoms with van der Waals surface area (Å²) in [7, 11) is 0. The van der Waals surface area contributed by atoms with E-state index in [0.29, 0.717) is 6.61 Å². The molecule has 26 heavy (non-hydrogen) atoms. The number of pyridine rings is 1. The number of nitrogens with zero attached hydrogens (tertiary/aromatic N) is 1. The van der Waals surface area contributed by atoms with Gasteiger partial charge in [-0.1, -0.05) is 20.8 Å². The molecule has 0 aliphatic carbocycles. The second kappa shape index (κ2) is 5.98. The highest BCUT2D eigenvalue weighted by Crippen LogP contribution is 2.26. The average Bonchev–Trinajstić information content (AvgIpc) is 2.80. The Balaban J connectivity index is 2.04. The molecule has 0 spiro atoms. The van der Waals surface area contributed by atoms with Crippen molar-refractivity contribution >= 4 is 17.6 Å². The predicted octanol–water partition coefficient (Wildman–Crippen LogP) is 1.87. The van der Waals surface area contributed by atoms with Crippen molar-refractivity contribution in [2.24, 2.45) is 5.41 Å². The van der Waals surface area contributed by atoms with Crippen LogP contribution in [0.1, 0.15) is 41.5 Å². The third-order valence-corrected chi connectivity index (χ3v) is 3.79. The van der Waals surface area contributed by atoms with Gasteiger partial charge in [0.25, 0.3) is 17.4 Å². The van der Waals surface area contributed by atoms with Gasteiger partial charge in [0.1, 0.15) is 5.82 Å². The van der Waals surface area contributed by atoms with Gasteiger partial charge in [0.2, 0.25) is 0 Å². The third-order valence-electron chi connectivity index (χ3n) is 3.79. The summed E-state index contributed by atoms with van der Waals surface area (Å²) in [6.45, 7) is 6.18. The van der Waals surface area contributed by atoms with Crippen LogP contribution in [-0.4, -0.2) is 23.0 Å². The Morgan fingerprint density at radius 1 is 1.15 bits per heavy atom. The number of ether oxygens (including phenoxy) is 1. The number of hydrogen-bond acceptors (Lipinski definition) is 5. The number of imide groups is 1. The summed E-state index contributed by atoms with van der Waals surface area (Å²) in [5, 5.41) is 2.08. The Labute approximate surface area is 148 Å². The number of amides is 2. The van der Waals surface area contributed by atoms with Crippen LogP contribution in [0, 0.1) is 11.2 Å². The molecular formula is C18H18FN3O4. The van der Waals surface area contributed by atoms with Crippen molar-refractivity contribution < 1.29 is 18.7 Å². The first-order valence-corrected chi connectivity index (χ1v) is 7.92. The normalized spacial score (nSPS) is 13.5. The van der Waals surface area contributed by atoms with Gasteiger partial charge in [0.15, 0.2) is 11.6 Å². The fourth-order valence-electron chi connectivity index (χ4n) is 2.59. The van der Waals surface area contributed by atoms with E-state index in [1.807, 2.05) is 20.8 Å². The zero-order chi connectivity index (χ0) is 19.2. The molecule has 1 aromatic carbocycles. The summed E-state index contributed by atoms with van der Waals surface area (Å²) in [6, 6.07) is 4.95. The van der Waals surface area contributed by atoms with Crippen molar-refractivity contribution in [3.8, 4) is 11.4 Å². The zero-order valence-corrected chi connectivity index (χ0v) is 14.6. The zero-order valence-electron chi connectivity index (χ0n) is 14.6. The fourth-order valence-corrected chi connectivity index (χ4v) is 2.59. The van der Waals surface area contributed by atoms with E-state index >= 15 is 0 Å². The molecule has 2 aromatic rings. The van der Waals surface area contributed by atoms with Crippen LogP contribution < -0.4 is 21.3 Å². The van der Waals surface area contributed by atoms with Crippen LogP contribution in [-0.2, 0) is 0 Å². The summed E-state index contributed by atoms with van der Waals surface area (Å²) in [6.07, 6.45) is 0. The highest BCUT2D eigenvalue weighted by molar-refractivity contribution is 6.23. The molecule has 0 atom stereocenters. The van der Waals surface area contributed by atoms with Crippen LogP contribution in [0.3, 0.4) is 0 Å². The van der Waals surface area contributed by atoms with Gasteiger partial charge in [0, 0.05) is 12.1 Å². The lowest BCUT2D eigenvalue weighted by molar-refractivity contribution is 0.0880. The van der Waals surface area contributed by atoms with Crippen LogP contribution in [0.5, 0.6) is 5.75 Å². The summed E-state index contributed by atoms with van der Waals surface area (Å²) in [5.41, 5.74) is 5.08. The van der Waals surface area contributed by atoms with Gasteiger partial charge in [-0.25, -0.2) is 4.39 Å². The van der Waals surface area contributed by atoms with Crippen molar-refractivity contribution in [1.82, 2.24) is 9.88 Å². The molecule has 0 bridgehead atoms. The molecule has 136 valence electrons. The smallest absolute Gasteiger partial charge is 0.262 e. The van der Waals surface area contributed by atoms with Crippen molar-refractivity contribution in [2.75, 3.05) is 12.3 Å². The number of benzene rings is 1. The molecule has 2 amide bonds. The van der Waals surface area contributed by atoms with Crippen LogP contribution in [0.15, 0.2) is 29.1 Å². The number of anilines is 1. The molecule has 0 fully saturated rings. The molecule has 0 saturated heterocycles. The number of carbonyl (C=O) groups is 2. The standard InChI is InChI=1S/C18H18FN3O4/c1-18(2,3)8-26-12-5-4-9(6-11(12)19)22-13(23)7-10-14(15(22)20)17(25)21-16(10)24/h4-7H,8,20H2,1-3H3,(H,21,24,25). The summed E-state index contributed by atoms with van der Waals surface area (Å²) >= 11 is 0. The lowest BCUT2D eigenvalue weighted by Gasteiger charge is -2.19. The van der Waals surface area contributed by atoms with E-state index < -0.39 is 23.2 Å². The van der Waals surface area contributed by atoms with Gasteiger partial charge in [-0.05, 0) is 17.5 Å². The van der Waals surface area contributed by atoms with E-state index in [4.69, 9.17) is 10.5 Å². The van der Waals surface area contributed by atoms with Gasteiger partial charge >= 0.3 is 0 Å². The molecule has 8 heteroatoms. The molecule has 1 aliphatic rings. The largest absolute Gasteiger partial charge is 0.490 e. The van der Waals surface area contributed by atoms with Gasteiger partial charge in [-0.15, -0.1) is 0 Å². The number of hydrogen-bond donors (Lipinski definition) is 2. The molecule has 0 saturated carbocycles. The van der Waals surface area contributed by atoms with Gasteiger partial charge in [-0.3, -0.25) is 24.3 Å². The highest BCUT2D eigenvalue weighted by Gasteiger charge is 2.32. The van der Waals surface area contributed by atoms with Gasteiger partial charge in [-0.2, -0.15) is 0 Å². The molecule has 3 rings (SSSR count). The summed E-state index contributed by atoms with van der Waals surface area (Å²) in [5.74, 6) is -2.22. The van der Waals surface area contributed by atoms with Gasteiger partial charge < -0.3 is 10.5 Å². The van der Waals surface area contributed by atoms with Crippen molar-refractivity contribution in [2.45, 2.75) is 20.8 Å². The van der Waals surface area contributed by atoms with Crippen LogP contribution in [0.4, 0.5) is 10.2 Å². The molecule has 0 unspecified atom stereocenters. The first-order valence-electron chi connectivity index (χ1n) is 7.92. The summed E-state index contributed by atoms with van der Waals surface area (Å²) in [4.78, 5) is 35.9. The van der Waals surface area contributed by atoms with Crippen molar-refractivity contribution in [3.63, 3.8) is 0 Å². The SMILES string of the molecule is CC(C)(C)COc1ccc(-n2c(N)c3c(cc2=O)C(=O)NC3=O)cc1F. The molecule has 1 aromatic heterocycles. The minimum Gasteiger partial charge on any atom is -0.490 e. The highest BCUT2D eigenvalue weighted by atomic mass is 19.1. The Bertz CT molecular complexity index is 989. The minimum atomic E-state index is -0.693. The number of aromatic nitrogens is 1. The van der Waals surface area contributed by atoms with Gasteiger partial charge in [0.05, 0.1) is 23.4 Å². The van der Waals surface area contributed by atoms with E-state index in [2.05, 4.69) is 5.32 Å². The van der Waals surface area contributed by atoms with Crippen molar-refractivity contribution in [1.29, 1.82) is 0 Å². The average molecular weight is 359 g/mol. The fraction of sp³-hybridized carbons (Fsp3) is 0.278. The predicted molar refractivity (Wildman–Crippen MR) is 93.2 cm³/mol. The number of nitrogens with two attached hydrogens (primary N) is 1. The Kier molecular flexibility index (Phi) is 4.06. The van der Waals surface area contributed by atoms with Crippen LogP contribution in [0.2, 0.25) is 0 Å². The maximum atomic E-state index is 14.4. The summed E-state index contributed by atoms with van der Waals surface area (Å²) < 4.78 is 20.8. The second-order valence-electron chi connectivity index (χ2n) is 7.24. The number of nitrogens with one attached hydrogen (secondary N) is 1. The van der Waals surface area contributed by atoms with Crippen LogP contribution >= 0.6 is 0 Å². The first kappa shape index (κ1) is 17.7. The monoisotopic (exact) mass is 359 g/mol. The number of carbonyl (C=O) groups excluding carboxylic acids is 2. The Morgan fingerprint density at radius 3 is 2.46 bits per heavy atom. The minimum absolute atomic E-state index is 0.0457. The second-order valence-corrected chi connectivity index (χ2v) is 7.24. The van der Waals surface area contributed by atoms with E-state index in [1.54, 1.807) is 0 Å². The molecule has 1 aliphatic heterocycles. The van der Waals surface area contributed by atoms with E-state index in [1.165, 1.54) is 12.1 Å². The number of nitrogen functional groups attached to an aromatic ring is 1. The molecule has 0 radical (unpaired) electrons. The van der Waals surface area contributed by atoms with Crippen LogP contribution in [0.25, 0.3) is 5.69 Å². The lowest BCUT2D eigenvalue weighted by atomic mass is 9.99. The van der Waals surface area contributed by atoms with E-state index in [9.17, 15) is 18.8 Å².